The number of carboxylic acid groups (broad SMARTS) is 3. The van der Waals surface area contributed by atoms with E-state index in [0.717, 1.165) is 4.72 Å². The largest absolute Gasteiger partial charge is 0.479 e. The predicted octanol–water partition coefficient (Wildman–Crippen LogP) is -15.3. The summed E-state index contributed by atoms with van der Waals surface area (Å²) in [7, 11) is -47.3. The molecule has 57 nitrogen and oxygen atoms in total. The zero-order valence-corrected chi connectivity index (χ0v) is 54.9. The van der Waals surface area contributed by atoms with Gasteiger partial charge in [0.25, 0.3) is 0 Å². The number of ether oxygens (including phenoxy) is 11. The Morgan fingerprint density at radius 1 is 0.386 bits per heavy atom. The molecule has 0 saturated carbocycles. The quantitative estimate of drug-likeness (QED) is 0.0278. The number of nitrogens with one attached hydrogen (secondary N) is 3. The van der Waals surface area contributed by atoms with Crippen LogP contribution >= 0.6 is 0 Å². The number of carbonyl (C=O) groups is 3. The van der Waals surface area contributed by atoms with Crippen LogP contribution in [-0.4, -0.2) is 370 Å². The maximum Gasteiger partial charge on any atom is 0.397 e. The molecule has 6 rings (SSSR count). The molecule has 0 spiro atoms. The van der Waals surface area contributed by atoms with Crippen molar-refractivity contribution in [3.8, 4) is 0 Å². The standard InChI is InChI=1S/C36H57N3O54S8/c40-2-7-19(13(42)10(31(53)80-7)37-94(54,55)56)84-35-24(92-100(72,73)74)16(45)22(26(89-35)29(49)50)87-33-12(39-96(60,61)62)15(44)21(9(83-33)4-79-98(66,67)68)86-36-25(93-101(75,76)77)17(46)23(27(90-36)30(51)52)88-32-11(38-95(57,58)59)14(43)20(8(82-32)3-78-97(63,64)65)85-34-18(91-99(69,70)71)5(41)1-6(81-34)28(47)48/h1,5,7-27,31-46,53H,2-4H2,(H,47,48)(H,49,50)(H,51,52)(H,54,55,56)(H,57,58,59)(H,60,61,62)(H,63,64,65)(H,66,67,68)(H,69,70,71)(H,72,73,74)(H,75,76,77)/t5-,7+,8+,9+,10+,11+,12+,13+,14+,15+,16-,17-,18+,19+,20+,21+,22-,23-,24+,25+,26+,27+,31-,32+,33+,34-,35+,36+/m0/s1. The van der Waals surface area contributed by atoms with E-state index < -0.39 is 298 Å². The van der Waals surface area contributed by atoms with Crippen molar-refractivity contribution < 1.29 is 247 Å². The van der Waals surface area contributed by atoms with Gasteiger partial charge in [-0.1, -0.05) is 0 Å². The molecule has 0 bridgehead atoms. The maximum absolute atomic E-state index is 13.1. The minimum absolute atomic E-state index is 0.209. The third kappa shape index (κ3) is 24.1. The number of aliphatic carboxylic acids is 3. The van der Waals surface area contributed by atoms with Crippen molar-refractivity contribution in [2.75, 3.05) is 19.8 Å². The smallest absolute Gasteiger partial charge is 0.397 e. The fourth-order valence-electron chi connectivity index (χ4n) is 10.1. The van der Waals surface area contributed by atoms with E-state index in [4.69, 9.17) is 52.1 Å². The number of hydrogen-bond acceptors (Lipinski definition) is 43. The fraction of sp³-hybridized carbons (Fsp3) is 0.861. The van der Waals surface area contributed by atoms with Crippen molar-refractivity contribution in [2.45, 2.75) is 172 Å². The third-order valence-corrected chi connectivity index (χ3v) is 17.9. The van der Waals surface area contributed by atoms with Crippen LogP contribution in [0.25, 0.3) is 0 Å². The molecule has 0 aromatic carbocycles. The molecule has 6 heterocycles. The second kappa shape index (κ2) is 32.7. The van der Waals surface area contributed by atoms with E-state index in [9.17, 15) is 174 Å². The maximum atomic E-state index is 13.1. The Balaban J connectivity index is 1.40. The Labute approximate surface area is 563 Å². The number of aliphatic hydroxyl groups is 8. The first kappa shape index (κ1) is 86.1. The summed E-state index contributed by atoms with van der Waals surface area (Å²) < 4.78 is 354. The van der Waals surface area contributed by atoms with E-state index in [-0.39, 0.29) is 6.08 Å². The highest BCUT2D eigenvalue weighted by Crippen LogP contribution is 2.39. The van der Waals surface area contributed by atoms with Gasteiger partial charge < -0.3 is 108 Å². The second-order valence-corrected chi connectivity index (χ2v) is 29.8. The van der Waals surface area contributed by atoms with E-state index >= 15 is 0 Å². The Hall–Kier alpha value is -3.81. The van der Waals surface area contributed by atoms with Crippen LogP contribution in [0.1, 0.15) is 0 Å². The van der Waals surface area contributed by atoms with Gasteiger partial charge in [-0.25, -0.2) is 35.3 Å². The average molecular weight is 1650 g/mol. The van der Waals surface area contributed by atoms with Gasteiger partial charge in [0.2, 0.25) is 12.0 Å². The lowest BCUT2D eigenvalue weighted by Gasteiger charge is -2.50. The summed E-state index contributed by atoms with van der Waals surface area (Å²) in [6, 6.07) is -8.51. The summed E-state index contributed by atoms with van der Waals surface area (Å²) in [6.07, 6.45) is -73.7. The van der Waals surface area contributed by atoms with Crippen molar-refractivity contribution in [3.63, 3.8) is 0 Å². The summed E-state index contributed by atoms with van der Waals surface area (Å²) in [5.41, 5.74) is 0. The molecule has 5 fully saturated rings. The van der Waals surface area contributed by atoms with Gasteiger partial charge in [0.15, 0.2) is 62.0 Å². The van der Waals surface area contributed by atoms with Gasteiger partial charge in [-0.15, -0.1) is 0 Å². The molecule has 65 heteroatoms. The zero-order valence-electron chi connectivity index (χ0n) is 48.4. The highest BCUT2D eigenvalue weighted by Gasteiger charge is 2.62. The molecule has 22 N–H and O–H groups in total. The Bertz CT molecular complexity index is 3940. The molecule has 0 amide bonds. The van der Waals surface area contributed by atoms with E-state index in [1.54, 1.807) is 0 Å². The first-order valence-electron chi connectivity index (χ1n) is 26.3. The van der Waals surface area contributed by atoms with Crippen LogP contribution < -0.4 is 14.2 Å². The van der Waals surface area contributed by atoms with Crippen LogP contribution in [0, 0.1) is 0 Å². The highest BCUT2D eigenvalue weighted by molar-refractivity contribution is 7.84. The summed E-state index contributed by atoms with van der Waals surface area (Å²) >= 11 is 0. The second-order valence-electron chi connectivity index (χ2n) is 20.9. The van der Waals surface area contributed by atoms with Gasteiger partial charge in [-0.3, -0.25) is 36.4 Å². The number of rotatable bonds is 32. The van der Waals surface area contributed by atoms with Gasteiger partial charge in [0.05, 0.1) is 19.8 Å². The van der Waals surface area contributed by atoms with Crippen LogP contribution in [0.3, 0.4) is 0 Å². The molecule has 0 radical (unpaired) electrons. The summed E-state index contributed by atoms with van der Waals surface area (Å²) in [4.78, 5) is 37.9. The lowest BCUT2D eigenvalue weighted by atomic mass is 9.94. The summed E-state index contributed by atoms with van der Waals surface area (Å²) in [5, 5.41) is 119. The average Bonchev–Trinajstić information content (AvgIpc) is 0.761. The SMILES string of the molecule is O=C(O)C1=C[C@H](O)[C@@H](OS(=O)(=O)O)[C@H](O[C@H]2[C@H](O)[C@@H](NS(=O)(=O)O)[C@@H](O[C@H]3[C@H](O)[C@@H](OS(=O)(=O)O)[C@H](O[C@H]4[C@H](O)[C@@H](NS(=O)(=O)O)[C@@H](O[C@H]5[C@H](O)[C@@H](OS(=O)(=O)O)[C@H](O[C@H]6[C@H](O)[C@@H](NS(=O)(=O)O)[C@@H](O)O[C@@H]6CO)O[C@H]5C(=O)O)O[C@@H]4COS(=O)(=O)O)O[C@H]3C(=O)O)O[C@@H]2COS(=O)(=O)O)O1. The van der Waals surface area contributed by atoms with Crippen LogP contribution in [0.2, 0.25) is 0 Å². The Morgan fingerprint density at radius 2 is 0.713 bits per heavy atom. The normalized spacial score (nSPS) is 39.0. The highest BCUT2D eigenvalue weighted by atomic mass is 32.3. The molecule has 6 aliphatic rings. The van der Waals surface area contributed by atoms with Crippen LogP contribution in [-0.2, 0) is 170 Å². The molecule has 588 valence electrons. The lowest BCUT2D eigenvalue weighted by molar-refractivity contribution is -0.374. The molecular formula is C36H57N3O54S8. The summed E-state index contributed by atoms with van der Waals surface area (Å²) in [6.45, 7) is -5.21. The minimum Gasteiger partial charge on any atom is -0.479 e. The van der Waals surface area contributed by atoms with Gasteiger partial charge in [0, 0.05) is 0 Å². The molecule has 0 aromatic heterocycles. The van der Waals surface area contributed by atoms with Crippen LogP contribution in [0.15, 0.2) is 11.8 Å². The molecule has 28 atom stereocenters. The first-order chi connectivity index (χ1) is 45.8. The van der Waals surface area contributed by atoms with E-state index in [0.29, 0.717) is 0 Å². The van der Waals surface area contributed by atoms with Crippen molar-refractivity contribution in [1.29, 1.82) is 0 Å². The molecule has 6 aliphatic heterocycles. The monoisotopic (exact) mass is 1650 g/mol. The van der Waals surface area contributed by atoms with Gasteiger partial charge in [-0.2, -0.15) is 81.5 Å². The molecule has 0 aliphatic carbocycles. The topological polar surface area (TPSA) is 892 Å². The fourth-order valence-corrected chi connectivity index (χ4v) is 13.9. The van der Waals surface area contributed by atoms with E-state index in [1.807, 2.05) is 0 Å². The molecule has 0 aromatic rings. The van der Waals surface area contributed by atoms with Crippen molar-refractivity contribution in [2.24, 2.45) is 0 Å². The van der Waals surface area contributed by atoms with E-state index in [2.05, 4.69) is 20.9 Å². The van der Waals surface area contributed by atoms with Gasteiger partial charge in [0.1, 0.15) is 104 Å². The molecule has 5 saturated heterocycles. The van der Waals surface area contributed by atoms with Crippen molar-refractivity contribution in [3.05, 3.63) is 11.8 Å². The van der Waals surface area contributed by atoms with Gasteiger partial charge >= 0.3 is 101 Å². The zero-order chi connectivity index (χ0) is 76.7. The van der Waals surface area contributed by atoms with Crippen molar-refractivity contribution >= 4 is 101 Å². The van der Waals surface area contributed by atoms with E-state index in [1.165, 1.54) is 9.44 Å². The lowest BCUT2D eigenvalue weighted by Crippen LogP contribution is -2.71. The Kier molecular flexibility index (Phi) is 27.9. The number of aliphatic hydroxyl groups excluding tert-OH is 8. The molecule has 101 heavy (non-hydrogen) atoms. The summed E-state index contributed by atoms with van der Waals surface area (Å²) in [5.74, 6) is -8.52. The Morgan fingerprint density at radius 3 is 1.04 bits per heavy atom. The third-order valence-electron chi connectivity index (χ3n) is 13.9. The number of carboxylic acids is 3. The predicted molar refractivity (Wildman–Crippen MR) is 289 cm³/mol. The van der Waals surface area contributed by atoms with Crippen LogP contribution in [0.5, 0.6) is 0 Å². The first-order valence-corrected chi connectivity index (χ1v) is 37.4. The van der Waals surface area contributed by atoms with Gasteiger partial charge in [-0.05, 0) is 6.08 Å². The number of hydrogen-bond donors (Lipinski definition) is 22. The molecular weight excluding hydrogens is 1590 g/mol. The minimum atomic E-state index is -6.30. The molecule has 0 unspecified atom stereocenters. The van der Waals surface area contributed by atoms with Crippen molar-refractivity contribution in [1.82, 2.24) is 14.2 Å². The van der Waals surface area contributed by atoms with Crippen LogP contribution in [0.4, 0.5) is 0 Å².